The van der Waals surface area contributed by atoms with E-state index in [0.717, 1.165) is 11.6 Å². The standard InChI is InChI=1S/C20H22ClN3O6S/c1-3-22-20(27)24-18(25)13(2)30-19(26)15-9-10-16(21)17(11-15)31(28,29)23-12-14-7-5-4-6-8-14/h4-11,13,23H,3,12H2,1-2H3,(H2,22,24,25,27)/t13-/m0/s1. The Morgan fingerprint density at radius 3 is 2.42 bits per heavy atom. The normalized spacial score (nSPS) is 12.0. The highest BCUT2D eigenvalue weighted by Crippen LogP contribution is 2.23. The summed E-state index contributed by atoms with van der Waals surface area (Å²) < 4.78 is 32.8. The van der Waals surface area contributed by atoms with E-state index in [9.17, 15) is 22.8 Å². The maximum absolute atomic E-state index is 12.7. The van der Waals surface area contributed by atoms with Gasteiger partial charge < -0.3 is 10.1 Å². The average molecular weight is 468 g/mol. The lowest BCUT2D eigenvalue weighted by Gasteiger charge is -2.14. The third-order valence-corrected chi connectivity index (χ3v) is 5.88. The quantitative estimate of drug-likeness (QED) is 0.510. The third kappa shape index (κ3) is 7.06. The van der Waals surface area contributed by atoms with Crippen LogP contribution in [0.2, 0.25) is 5.02 Å². The monoisotopic (exact) mass is 467 g/mol. The Bertz CT molecular complexity index is 1060. The van der Waals surface area contributed by atoms with Gasteiger partial charge in [-0.1, -0.05) is 41.9 Å². The molecular formula is C20H22ClN3O6S. The molecule has 2 aromatic rings. The summed E-state index contributed by atoms with van der Waals surface area (Å²) in [5, 5.41) is 4.31. The van der Waals surface area contributed by atoms with E-state index in [1.165, 1.54) is 19.1 Å². The molecule has 0 unspecified atom stereocenters. The van der Waals surface area contributed by atoms with Crippen molar-refractivity contribution in [3.63, 3.8) is 0 Å². The van der Waals surface area contributed by atoms with Crippen molar-refractivity contribution in [2.45, 2.75) is 31.4 Å². The molecule has 0 saturated heterocycles. The molecule has 0 aliphatic carbocycles. The highest BCUT2D eigenvalue weighted by molar-refractivity contribution is 7.89. The van der Waals surface area contributed by atoms with Gasteiger partial charge in [-0.3, -0.25) is 10.1 Å². The molecule has 0 aliphatic rings. The van der Waals surface area contributed by atoms with Crippen molar-refractivity contribution in [1.82, 2.24) is 15.4 Å². The van der Waals surface area contributed by atoms with Gasteiger partial charge in [-0.25, -0.2) is 22.7 Å². The van der Waals surface area contributed by atoms with Gasteiger partial charge in [0.1, 0.15) is 4.90 Å². The molecule has 166 valence electrons. The maximum atomic E-state index is 12.7. The third-order valence-electron chi connectivity index (χ3n) is 3.99. The fourth-order valence-electron chi connectivity index (χ4n) is 2.39. The molecule has 0 radical (unpaired) electrons. The highest BCUT2D eigenvalue weighted by atomic mass is 35.5. The van der Waals surface area contributed by atoms with Gasteiger partial charge in [0.15, 0.2) is 6.10 Å². The molecule has 0 fully saturated rings. The summed E-state index contributed by atoms with van der Waals surface area (Å²) in [6, 6.07) is 11.7. The molecule has 0 bridgehead atoms. The van der Waals surface area contributed by atoms with Crippen LogP contribution in [-0.4, -0.2) is 39.0 Å². The SMILES string of the molecule is CCNC(=O)NC(=O)[C@H](C)OC(=O)c1ccc(Cl)c(S(=O)(=O)NCc2ccccc2)c1. The topological polar surface area (TPSA) is 131 Å². The number of urea groups is 1. The summed E-state index contributed by atoms with van der Waals surface area (Å²) >= 11 is 6.03. The van der Waals surface area contributed by atoms with Crippen molar-refractivity contribution in [3.05, 3.63) is 64.7 Å². The number of halogens is 1. The van der Waals surface area contributed by atoms with Gasteiger partial charge in [0, 0.05) is 13.1 Å². The zero-order valence-corrected chi connectivity index (χ0v) is 18.4. The van der Waals surface area contributed by atoms with Gasteiger partial charge in [0.25, 0.3) is 5.91 Å². The second-order valence-corrected chi connectivity index (χ2v) is 8.49. The molecule has 1 atom stereocenters. The summed E-state index contributed by atoms with van der Waals surface area (Å²) in [4.78, 5) is 35.4. The number of benzene rings is 2. The fourth-order valence-corrected chi connectivity index (χ4v) is 3.93. The minimum absolute atomic E-state index is 0.0329. The molecule has 2 rings (SSSR count). The lowest BCUT2D eigenvalue weighted by molar-refractivity contribution is -0.127. The Balaban J connectivity index is 2.11. The maximum Gasteiger partial charge on any atom is 0.338 e. The number of sulfonamides is 1. The smallest absolute Gasteiger partial charge is 0.338 e. The van der Waals surface area contributed by atoms with E-state index in [2.05, 4.69) is 10.0 Å². The van der Waals surface area contributed by atoms with Crippen LogP contribution in [0.25, 0.3) is 0 Å². The van der Waals surface area contributed by atoms with Crippen LogP contribution in [0.15, 0.2) is 53.4 Å². The van der Waals surface area contributed by atoms with E-state index in [1.54, 1.807) is 37.3 Å². The first-order valence-electron chi connectivity index (χ1n) is 9.27. The second-order valence-electron chi connectivity index (χ2n) is 6.35. The first-order valence-corrected chi connectivity index (χ1v) is 11.1. The zero-order valence-electron chi connectivity index (χ0n) is 16.8. The minimum Gasteiger partial charge on any atom is -0.449 e. The van der Waals surface area contributed by atoms with Crippen LogP contribution in [0.5, 0.6) is 0 Å². The van der Waals surface area contributed by atoms with Crippen LogP contribution < -0.4 is 15.4 Å². The molecular weight excluding hydrogens is 446 g/mol. The minimum atomic E-state index is -4.03. The van der Waals surface area contributed by atoms with Gasteiger partial charge in [0.05, 0.1) is 10.6 Å². The molecule has 3 amide bonds. The molecule has 9 nitrogen and oxygen atoms in total. The Hall–Kier alpha value is -2.95. The van der Waals surface area contributed by atoms with Gasteiger partial charge in [-0.2, -0.15) is 0 Å². The van der Waals surface area contributed by atoms with E-state index in [1.807, 2.05) is 5.32 Å². The number of hydrogen-bond acceptors (Lipinski definition) is 6. The number of ether oxygens (including phenoxy) is 1. The number of carbonyl (C=O) groups is 3. The predicted molar refractivity (Wildman–Crippen MR) is 114 cm³/mol. The van der Waals surface area contributed by atoms with Gasteiger partial charge >= 0.3 is 12.0 Å². The molecule has 11 heteroatoms. The molecule has 31 heavy (non-hydrogen) atoms. The van der Waals surface area contributed by atoms with Gasteiger partial charge in [-0.15, -0.1) is 0 Å². The molecule has 2 aromatic carbocycles. The van der Waals surface area contributed by atoms with Crippen LogP contribution >= 0.6 is 11.6 Å². The molecule has 3 N–H and O–H groups in total. The van der Waals surface area contributed by atoms with Crippen molar-refractivity contribution in [2.24, 2.45) is 0 Å². The van der Waals surface area contributed by atoms with Gasteiger partial charge in [0.2, 0.25) is 10.0 Å². The van der Waals surface area contributed by atoms with E-state index in [4.69, 9.17) is 16.3 Å². The van der Waals surface area contributed by atoms with Crippen molar-refractivity contribution in [2.75, 3.05) is 6.54 Å². The average Bonchev–Trinajstić information content (AvgIpc) is 2.73. The predicted octanol–water partition coefficient (Wildman–Crippen LogP) is 2.21. The number of rotatable bonds is 8. The Kier molecular flexibility index (Phi) is 8.55. The molecule has 0 aliphatic heterocycles. The summed E-state index contributed by atoms with van der Waals surface area (Å²) in [7, 11) is -4.03. The summed E-state index contributed by atoms with van der Waals surface area (Å²) in [6.45, 7) is 3.30. The first kappa shape index (κ1) is 24.3. The highest BCUT2D eigenvalue weighted by Gasteiger charge is 2.24. The van der Waals surface area contributed by atoms with E-state index in [-0.39, 0.29) is 22.0 Å². The zero-order chi connectivity index (χ0) is 23.0. The van der Waals surface area contributed by atoms with Gasteiger partial charge in [-0.05, 0) is 37.6 Å². The Morgan fingerprint density at radius 2 is 1.77 bits per heavy atom. The molecule has 0 spiro atoms. The largest absolute Gasteiger partial charge is 0.449 e. The molecule has 0 saturated carbocycles. The van der Waals surface area contributed by atoms with E-state index >= 15 is 0 Å². The molecule has 0 heterocycles. The first-order chi connectivity index (χ1) is 14.6. The summed E-state index contributed by atoms with van der Waals surface area (Å²) in [5.74, 6) is -1.78. The summed E-state index contributed by atoms with van der Waals surface area (Å²) in [6.07, 6.45) is -1.29. The van der Waals surface area contributed by atoms with Crippen molar-refractivity contribution in [1.29, 1.82) is 0 Å². The van der Waals surface area contributed by atoms with Crippen LogP contribution in [0.3, 0.4) is 0 Å². The fraction of sp³-hybridized carbons (Fsp3) is 0.250. The van der Waals surface area contributed by atoms with Crippen LogP contribution in [0.1, 0.15) is 29.8 Å². The van der Waals surface area contributed by atoms with Crippen LogP contribution in [-0.2, 0) is 26.1 Å². The lowest BCUT2D eigenvalue weighted by Crippen LogP contribution is -2.44. The summed E-state index contributed by atoms with van der Waals surface area (Å²) in [5.41, 5.74) is 0.617. The molecule has 0 aromatic heterocycles. The number of esters is 1. The van der Waals surface area contributed by atoms with Crippen LogP contribution in [0.4, 0.5) is 4.79 Å². The number of hydrogen-bond donors (Lipinski definition) is 3. The Labute approximate surface area is 185 Å². The van der Waals surface area contributed by atoms with Crippen molar-refractivity contribution >= 4 is 39.5 Å². The number of amides is 3. The Morgan fingerprint density at radius 1 is 1.10 bits per heavy atom. The lowest BCUT2D eigenvalue weighted by atomic mass is 10.2. The van der Waals surface area contributed by atoms with Crippen LogP contribution in [0, 0.1) is 0 Å². The second kappa shape index (κ2) is 10.9. The number of imide groups is 1. The van der Waals surface area contributed by atoms with Crippen molar-refractivity contribution in [3.8, 4) is 0 Å². The van der Waals surface area contributed by atoms with E-state index in [0.29, 0.717) is 6.54 Å². The van der Waals surface area contributed by atoms with Crippen molar-refractivity contribution < 1.29 is 27.5 Å². The number of nitrogens with one attached hydrogen (secondary N) is 3. The number of carbonyl (C=O) groups excluding carboxylic acids is 3. The van der Waals surface area contributed by atoms with E-state index < -0.39 is 34.0 Å².